The van der Waals surface area contributed by atoms with Crippen molar-refractivity contribution in [3.63, 3.8) is 0 Å². The molecule has 1 aromatic carbocycles. The van der Waals surface area contributed by atoms with Crippen molar-refractivity contribution >= 4 is 11.6 Å². The van der Waals surface area contributed by atoms with Gasteiger partial charge in [-0.2, -0.15) is 0 Å². The Hall–Kier alpha value is -0.690. The van der Waals surface area contributed by atoms with Gasteiger partial charge in [0, 0.05) is 0 Å². The normalized spacial score (nSPS) is 10.6. The van der Waals surface area contributed by atoms with E-state index in [1.54, 1.807) is 0 Å². The Morgan fingerprint density at radius 3 is 2.64 bits per heavy atom. The summed E-state index contributed by atoms with van der Waals surface area (Å²) < 4.78 is 5.54. The van der Waals surface area contributed by atoms with Gasteiger partial charge in [0.2, 0.25) is 0 Å². The number of alkyl halides is 1. The highest BCUT2D eigenvalue weighted by molar-refractivity contribution is 6.18. The van der Waals surface area contributed by atoms with Crippen molar-refractivity contribution in [2.75, 3.05) is 12.5 Å². The molecule has 0 fully saturated rings. The molecule has 0 N–H and O–H groups in total. The minimum atomic E-state index is 0.533. The molecule has 0 saturated heterocycles. The molecule has 0 atom stereocenters. The fraction of sp³-hybridized carbons (Fsp3) is 0.500. The third-order valence-corrected chi connectivity index (χ3v) is 2.37. The summed E-state index contributed by atoms with van der Waals surface area (Å²) in [6.45, 7) is 6.98. The van der Waals surface area contributed by atoms with Crippen LogP contribution in [0.1, 0.15) is 30.9 Å². The number of hydrogen-bond donors (Lipinski definition) is 0. The van der Waals surface area contributed by atoms with E-state index in [1.807, 2.05) is 6.92 Å². The third-order valence-electron chi connectivity index (χ3n) is 2.21. The van der Waals surface area contributed by atoms with E-state index in [0.717, 1.165) is 5.75 Å². The standard InChI is InChI=1S/C12H17ClO/c1-9(2)11-5-4-10(3)12(8-11)14-7-6-13/h4-5,8-9H,6-7H2,1-3H3. The topological polar surface area (TPSA) is 9.23 Å². The van der Waals surface area contributed by atoms with Gasteiger partial charge in [-0.15, -0.1) is 11.6 Å². The average Bonchev–Trinajstić information content (AvgIpc) is 2.16. The highest BCUT2D eigenvalue weighted by Gasteiger charge is 2.04. The lowest BCUT2D eigenvalue weighted by Crippen LogP contribution is -2.00. The maximum absolute atomic E-state index is 5.58. The molecule has 0 unspecified atom stereocenters. The van der Waals surface area contributed by atoms with E-state index in [-0.39, 0.29) is 0 Å². The minimum Gasteiger partial charge on any atom is -0.492 e. The van der Waals surface area contributed by atoms with Gasteiger partial charge < -0.3 is 4.74 Å². The van der Waals surface area contributed by atoms with E-state index in [0.29, 0.717) is 18.4 Å². The zero-order chi connectivity index (χ0) is 10.6. The molecule has 14 heavy (non-hydrogen) atoms. The molecule has 0 aliphatic carbocycles. The molecule has 78 valence electrons. The highest BCUT2D eigenvalue weighted by atomic mass is 35.5. The van der Waals surface area contributed by atoms with Crippen LogP contribution in [0.3, 0.4) is 0 Å². The van der Waals surface area contributed by atoms with E-state index in [2.05, 4.69) is 32.0 Å². The lowest BCUT2D eigenvalue weighted by Gasteiger charge is -2.11. The van der Waals surface area contributed by atoms with Gasteiger partial charge in [-0.3, -0.25) is 0 Å². The van der Waals surface area contributed by atoms with Crippen LogP contribution >= 0.6 is 11.6 Å². The van der Waals surface area contributed by atoms with Gasteiger partial charge in [0.15, 0.2) is 0 Å². The van der Waals surface area contributed by atoms with Crippen molar-refractivity contribution in [1.29, 1.82) is 0 Å². The summed E-state index contributed by atoms with van der Waals surface area (Å²) in [5.74, 6) is 2.02. The zero-order valence-electron chi connectivity index (χ0n) is 9.01. The predicted molar refractivity (Wildman–Crippen MR) is 61.5 cm³/mol. The van der Waals surface area contributed by atoms with Gasteiger partial charge in [0.25, 0.3) is 0 Å². The number of aryl methyl sites for hydroxylation is 1. The molecule has 1 rings (SSSR count). The van der Waals surface area contributed by atoms with Crippen LogP contribution in [-0.2, 0) is 0 Å². The molecule has 0 aliphatic rings. The molecule has 0 bridgehead atoms. The number of halogens is 1. The first-order valence-corrected chi connectivity index (χ1v) is 5.48. The second-order valence-electron chi connectivity index (χ2n) is 3.72. The summed E-state index contributed by atoms with van der Waals surface area (Å²) in [6, 6.07) is 6.35. The summed E-state index contributed by atoms with van der Waals surface area (Å²) >= 11 is 5.58. The smallest absolute Gasteiger partial charge is 0.122 e. The highest BCUT2D eigenvalue weighted by Crippen LogP contribution is 2.24. The summed E-state index contributed by atoms with van der Waals surface area (Å²) in [7, 11) is 0. The molecule has 0 aliphatic heterocycles. The van der Waals surface area contributed by atoms with Crippen LogP contribution in [0.4, 0.5) is 0 Å². The zero-order valence-corrected chi connectivity index (χ0v) is 9.77. The molecule has 0 heterocycles. The van der Waals surface area contributed by atoms with Gasteiger partial charge in [0.1, 0.15) is 12.4 Å². The Kier molecular flexibility index (Phi) is 4.27. The van der Waals surface area contributed by atoms with Crippen LogP contribution in [-0.4, -0.2) is 12.5 Å². The van der Waals surface area contributed by atoms with E-state index in [1.165, 1.54) is 11.1 Å². The molecule has 1 aromatic rings. The number of ether oxygens (including phenoxy) is 1. The van der Waals surface area contributed by atoms with Crippen LogP contribution in [0.5, 0.6) is 5.75 Å². The molecule has 0 saturated carbocycles. The molecule has 0 spiro atoms. The maximum Gasteiger partial charge on any atom is 0.122 e. The Labute approximate surface area is 91.0 Å². The second-order valence-corrected chi connectivity index (χ2v) is 4.10. The van der Waals surface area contributed by atoms with E-state index >= 15 is 0 Å². The molecule has 0 aromatic heterocycles. The first-order chi connectivity index (χ1) is 6.65. The van der Waals surface area contributed by atoms with Gasteiger partial charge in [0.05, 0.1) is 5.88 Å². The summed E-state index contributed by atoms with van der Waals surface area (Å²) in [5.41, 5.74) is 2.47. The van der Waals surface area contributed by atoms with E-state index < -0.39 is 0 Å². The molecule has 0 radical (unpaired) electrons. The predicted octanol–water partition coefficient (Wildman–Crippen LogP) is 3.74. The molecular formula is C12H17ClO. The van der Waals surface area contributed by atoms with Crippen molar-refractivity contribution in [1.82, 2.24) is 0 Å². The molecule has 0 amide bonds. The van der Waals surface area contributed by atoms with Crippen molar-refractivity contribution in [3.05, 3.63) is 29.3 Å². The van der Waals surface area contributed by atoms with Gasteiger partial charge in [-0.05, 0) is 30.0 Å². The Bertz CT molecular complexity index is 294. The second kappa shape index (κ2) is 5.26. The quantitative estimate of drug-likeness (QED) is 0.691. The fourth-order valence-electron chi connectivity index (χ4n) is 1.28. The average molecular weight is 213 g/mol. The largest absolute Gasteiger partial charge is 0.492 e. The monoisotopic (exact) mass is 212 g/mol. The first kappa shape index (κ1) is 11.4. The van der Waals surface area contributed by atoms with Gasteiger partial charge in [-0.25, -0.2) is 0 Å². The van der Waals surface area contributed by atoms with Crippen molar-refractivity contribution in [2.45, 2.75) is 26.7 Å². The lowest BCUT2D eigenvalue weighted by molar-refractivity contribution is 0.340. The summed E-state index contributed by atoms with van der Waals surface area (Å²) in [5, 5.41) is 0. The van der Waals surface area contributed by atoms with Crippen LogP contribution in [0, 0.1) is 6.92 Å². The van der Waals surface area contributed by atoms with Crippen LogP contribution < -0.4 is 4.74 Å². The summed E-state index contributed by atoms with van der Waals surface area (Å²) in [4.78, 5) is 0. The SMILES string of the molecule is Cc1ccc(C(C)C)cc1OCCCl. The molecule has 1 nitrogen and oxygen atoms in total. The van der Waals surface area contributed by atoms with Crippen LogP contribution in [0.25, 0.3) is 0 Å². The lowest BCUT2D eigenvalue weighted by atomic mass is 10.0. The Balaban J connectivity index is 2.85. The van der Waals surface area contributed by atoms with Crippen LogP contribution in [0.2, 0.25) is 0 Å². The summed E-state index contributed by atoms with van der Waals surface area (Å²) in [6.07, 6.45) is 0. The van der Waals surface area contributed by atoms with Gasteiger partial charge in [-0.1, -0.05) is 26.0 Å². The Morgan fingerprint density at radius 1 is 1.36 bits per heavy atom. The minimum absolute atomic E-state index is 0.533. The molecule has 2 heteroatoms. The van der Waals surface area contributed by atoms with Crippen molar-refractivity contribution < 1.29 is 4.74 Å². The number of rotatable bonds is 4. The van der Waals surface area contributed by atoms with Crippen molar-refractivity contribution in [3.8, 4) is 5.75 Å². The van der Waals surface area contributed by atoms with Crippen molar-refractivity contribution in [2.24, 2.45) is 0 Å². The number of benzene rings is 1. The maximum atomic E-state index is 5.58. The van der Waals surface area contributed by atoms with E-state index in [9.17, 15) is 0 Å². The van der Waals surface area contributed by atoms with Crippen LogP contribution in [0.15, 0.2) is 18.2 Å². The molecular weight excluding hydrogens is 196 g/mol. The Morgan fingerprint density at radius 2 is 2.07 bits per heavy atom. The third kappa shape index (κ3) is 2.91. The van der Waals surface area contributed by atoms with E-state index in [4.69, 9.17) is 16.3 Å². The first-order valence-electron chi connectivity index (χ1n) is 4.94. The van der Waals surface area contributed by atoms with Gasteiger partial charge >= 0.3 is 0 Å². The number of hydrogen-bond acceptors (Lipinski definition) is 1. The fourth-order valence-corrected chi connectivity index (χ4v) is 1.36.